The fourth-order valence-corrected chi connectivity index (χ4v) is 3.70. The summed E-state index contributed by atoms with van der Waals surface area (Å²) in [5, 5.41) is 0. The average molecular weight is 405 g/mol. The molecule has 1 saturated heterocycles. The van der Waals surface area contributed by atoms with Gasteiger partial charge in [-0.25, -0.2) is 0 Å². The standard InChI is InChI=1S/C22H22F3NO3/c1-16(27)26-12-10-21(11-13-26,18-7-3-2-4-8-18)20(28)29-15-17-6-5-9-19(14-17)22(23,24)25/h2-9,14H,10-13,15H2,1H3. The Balaban J connectivity index is 1.79. The number of carbonyl (C=O) groups is 2. The molecule has 0 aliphatic carbocycles. The van der Waals surface area contributed by atoms with Gasteiger partial charge >= 0.3 is 12.1 Å². The molecule has 3 rings (SSSR count). The molecule has 0 bridgehead atoms. The van der Waals surface area contributed by atoms with Crippen molar-refractivity contribution in [3.05, 3.63) is 71.3 Å². The minimum Gasteiger partial charge on any atom is -0.460 e. The van der Waals surface area contributed by atoms with Crippen LogP contribution in [0.4, 0.5) is 13.2 Å². The molecule has 0 spiro atoms. The fraction of sp³-hybridized carbons (Fsp3) is 0.364. The number of ether oxygens (including phenoxy) is 1. The predicted molar refractivity (Wildman–Crippen MR) is 101 cm³/mol. The fourth-order valence-electron chi connectivity index (χ4n) is 3.70. The van der Waals surface area contributed by atoms with Gasteiger partial charge in [0.2, 0.25) is 5.91 Å². The second-order valence-electron chi connectivity index (χ2n) is 7.23. The summed E-state index contributed by atoms with van der Waals surface area (Å²) in [6, 6.07) is 13.9. The van der Waals surface area contributed by atoms with E-state index in [1.54, 1.807) is 4.90 Å². The molecular formula is C22H22F3NO3. The van der Waals surface area contributed by atoms with Crippen LogP contribution >= 0.6 is 0 Å². The molecule has 1 heterocycles. The van der Waals surface area contributed by atoms with Crippen molar-refractivity contribution >= 4 is 11.9 Å². The van der Waals surface area contributed by atoms with E-state index in [1.807, 2.05) is 30.3 Å². The molecule has 1 aliphatic rings. The Labute approximate surface area is 167 Å². The molecule has 0 saturated carbocycles. The Morgan fingerprint density at radius 1 is 1.03 bits per heavy atom. The van der Waals surface area contributed by atoms with Crippen LogP contribution in [0.2, 0.25) is 0 Å². The number of esters is 1. The molecular weight excluding hydrogens is 383 g/mol. The summed E-state index contributed by atoms with van der Waals surface area (Å²) >= 11 is 0. The van der Waals surface area contributed by atoms with Crippen LogP contribution in [0.3, 0.4) is 0 Å². The van der Waals surface area contributed by atoms with Gasteiger partial charge in [-0.2, -0.15) is 13.2 Å². The summed E-state index contributed by atoms with van der Waals surface area (Å²) in [6.07, 6.45) is -3.65. The maximum absolute atomic E-state index is 13.1. The first-order valence-electron chi connectivity index (χ1n) is 9.37. The Kier molecular flexibility index (Phi) is 5.96. The molecule has 0 atom stereocenters. The lowest BCUT2D eigenvalue weighted by atomic mass is 9.72. The minimum absolute atomic E-state index is 0.0519. The van der Waals surface area contributed by atoms with Crippen LogP contribution in [0.5, 0.6) is 0 Å². The first-order valence-corrected chi connectivity index (χ1v) is 9.37. The molecule has 2 aromatic rings. The third-order valence-electron chi connectivity index (χ3n) is 5.40. The van der Waals surface area contributed by atoms with E-state index in [2.05, 4.69) is 0 Å². The number of carbonyl (C=O) groups excluding carboxylic acids is 2. The molecule has 0 N–H and O–H groups in total. The first-order chi connectivity index (χ1) is 13.7. The highest BCUT2D eigenvalue weighted by molar-refractivity contribution is 5.84. The van der Waals surface area contributed by atoms with Gasteiger partial charge in [0.1, 0.15) is 6.61 Å². The van der Waals surface area contributed by atoms with Crippen molar-refractivity contribution in [2.24, 2.45) is 0 Å². The maximum atomic E-state index is 13.1. The minimum atomic E-state index is -4.45. The van der Waals surface area contributed by atoms with Crippen LogP contribution in [-0.4, -0.2) is 29.9 Å². The molecule has 4 nitrogen and oxygen atoms in total. The smallest absolute Gasteiger partial charge is 0.416 e. The summed E-state index contributed by atoms with van der Waals surface area (Å²) in [4.78, 5) is 26.4. The van der Waals surface area contributed by atoms with Crippen molar-refractivity contribution in [3.63, 3.8) is 0 Å². The summed E-state index contributed by atoms with van der Waals surface area (Å²) in [7, 11) is 0. The lowest BCUT2D eigenvalue weighted by Gasteiger charge is -2.40. The van der Waals surface area contributed by atoms with Gasteiger partial charge in [-0.1, -0.05) is 42.5 Å². The number of halogens is 3. The number of benzene rings is 2. The monoisotopic (exact) mass is 405 g/mol. The predicted octanol–water partition coefficient (Wildman–Crippen LogP) is 4.33. The Bertz CT molecular complexity index is 872. The SMILES string of the molecule is CC(=O)N1CCC(C(=O)OCc2cccc(C(F)(F)F)c2)(c2ccccc2)CC1. The number of hydrogen-bond acceptors (Lipinski definition) is 3. The molecule has 1 aliphatic heterocycles. The summed E-state index contributed by atoms with van der Waals surface area (Å²) < 4.78 is 44.2. The van der Waals surface area contributed by atoms with Gasteiger partial charge in [-0.3, -0.25) is 9.59 Å². The molecule has 1 fully saturated rings. The molecule has 29 heavy (non-hydrogen) atoms. The van der Waals surface area contributed by atoms with Crippen LogP contribution in [0.25, 0.3) is 0 Å². The molecule has 7 heteroatoms. The van der Waals surface area contributed by atoms with E-state index >= 15 is 0 Å². The number of piperidine rings is 1. The topological polar surface area (TPSA) is 46.6 Å². The van der Waals surface area contributed by atoms with E-state index < -0.39 is 23.1 Å². The number of rotatable bonds is 4. The van der Waals surface area contributed by atoms with Gasteiger partial charge in [-0.15, -0.1) is 0 Å². The maximum Gasteiger partial charge on any atom is 0.416 e. The molecule has 0 unspecified atom stereocenters. The largest absolute Gasteiger partial charge is 0.460 e. The van der Waals surface area contributed by atoms with Crippen LogP contribution in [0.1, 0.15) is 36.5 Å². The zero-order valence-corrected chi connectivity index (χ0v) is 16.0. The van der Waals surface area contributed by atoms with Gasteiger partial charge in [0.25, 0.3) is 0 Å². The second-order valence-corrected chi connectivity index (χ2v) is 7.23. The van der Waals surface area contributed by atoms with Gasteiger partial charge in [0.05, 0.1) is 11.0 Å². The van der Waals surface area contributed by atoms with Gasteiger partial charge in [0, 0.05) is 20.0 Å². The molecule has 154 valence electrons. The summed E-state index contributed by atoms with van der Waals surface area (Å²) in [5.41, 5.74) is -0.636. The first kappa shape index (κ1) is 20.9. The summed E-state index contributed by atoms with van der Waals surface area (Å²) in [6.45, 7) is 2.08. The Morgan fingerprint density at radius 3 is 2.28 bits per heavy atom. The van der Waals surface area contributed by atoms with Crippen LogP contribution in [-0.2, 0) is 32.5 Å². The van der Waals surface area contributed by atoms with Crippen LogP contribution in [0, 0.1) is 0 Å². The highest BCUT2D eigenvalue weighted by atomic mass is 19.4. The van der Waals surface area contributed by atoms with Gasteiger partial charge in [-0.05, 0) is 36.1 Å². The zero-order chi connectivity index (χ0) is 21.1. The molecule has 0 aromatic heterocycles. The van der Waals surface area contributed by atoms with E-state index in [1.165, 1.54) is 19.1 Å². The number of hydrogen-bond donors (Lipinski definition) is 0. The molecule has 2 aromatic carbocycles. The Hall–Kier alpha value is -2.83. The molecule has 0 radical (unpaired) electrons. The van der Waals surface area contributed by atoms with Gasteiger partial charge in [0.15, 0.2) is 0 Å². The van der Waals surface area contributed by atoms with E-state index in [9.17, 15) is 22.8 Å². The quantitative estimate of drug-likeness (QED) is 0.712. The van der Waals surface area contributed by atoms with Crippen LogP contribution in [0.15, 0.2) is 54.6 Å². The third kappa shape index (κ3) is 4.60. The van der Waals surface area contributed by atoms with Crippen molar-refractivity contribution in [3.8, 4) is 0 Å². The van der Waals surface area contributed by atoms with E-state index in [-0.39, 0.29) is 18.1 Å². The highest BCUT2D eigenvalue weighted by Crippen LogP contribution is 2.37. The third-order valence-corrected chi connectivity index (χ3v) is 5.40. The second kappa shape index (κ2) is 8.27. The van der Waals surface area contributed by atoms with Crippen molar-refractivity contribution in [2.45, 2.75) is 38.0 Å². The highest BCUT2D eigenvalue weighted by Gasteiger charge is 2.44. The van der Waals surface area contributed by atoms with Crippen molar-refractivity contribution in [2.75, 3.05) is 13.1 Å². The summed E-state index contributed by atoms with van der Waals surface area (Å²) in [5.74, 6) is -0.534. The number of nitrogens with zero attached hydrogens (tertiary/aromatic N) is 1. The van der Waals surface area contributed by atoms with Crippen molar-refractivity contribution < 1.29 is 27.5 Å². The van der Waals surface area contributed by atoms with E-state index in [0.29, 0.717) is 25.9 Å². The van der Waals surface area contributed by atoms with E-state index in [0.717, 1.165) is 17.7 Å². The number of alkyl halides is 3. The average Bonchev–Trinajstić information content (AvgIpc) is 2.72. The lowest BCUT2D eigenvalue weighted by Crippen LogP contribution is -2.49. The van der Waals surface area contributed by atoms with Crippen molar-refractivity contribution in [1.82, 2.24) is 4.90 Å². The Morgan fingerprint density at radius 2 is 1.69 bits per heavy atom. The number of likely N-dealkylation sites (tertiary alicyclic amines) is 1. The van der Waals surface area contributed by atoms with Gasteiger partial charge < -0.3 is 9.64 Å². The van der Waals surface area contributed by atoms with Crippen molar-refractivity contribution in [1.29, 1.82) is 0 Å². The molecule has 1 amide bonds. The number of amides is 1. The van der Waals surface area contributed by atoms with Crippen LogP contribution < -0.4 is 0 Å². The zero-order valence-electron chi connectivity index (χ0n) is 16.0. The van der Waals surface area contributed by atoms with E-state index in [4.69, 9.17) is 4.74 Å². The normalized spacial score (nSPS) is 16.3. The lowest BCUT2D eigenvalue weighted by molar-refractivity contribution is -0.155.